The number of aryl methyl sites for hydroxylation is 1. The van der Waals surface area contributed by atoms with Crippen LogP contribution in [0.5, 0.6) is 0 Å². The number of carbonyl (C=O) groups excluding carboxylic acids is 1. The molecule has 0 spiro atoms. The van der Waals surface area contributed by atoms with E-state index in [1.165, 1.54) is 12.1 Å². The van der Waals surface area contributed by atoms with Gasteiger partial charge in [-0.3, -0.25) is 19.1 Å². The predicted molar refractivity (Wildman–Crippen MR) is 180 cm³/mol. The third-order valence-electron chi connectivity index (χ3n) is 7.68. The SMILES string of the molecule is [B]C([B])(n1c(=O)c(=O)n(-c2c(C)ccnc2C(C)C)c2nc(C/C(F)=C\C=C(\C)C#C)c(Cl)cc21)C1(F)CN(C(=O)OC(C)(C)C)C1. The Labute approximate surface area is 279 Å². The van der Waals surface area contributed by atoms with Crippen LogP contribution in [0.25, 0.3) is 16.9 Å². The largest absolute Gasteiger partial charge is 0.444 e. The molecule has 0 aromatic carbocycles. The van der Waals surface area contributed by atoms with Crippen LogP contribution in [0.3, 0.4) is 0 Å². The van der Waals surface area contributed by atoms with Crippen LogP contribution >= 0.6 is 11.6 Å². The molecule has 1 saturated heterocycles. The molecule has 1 aliphatic rings. The number of amides is 1. The minimum Gasteiger partial charge on any atom is -0.444 e. The second kappa shape index (κ2) is 12.8. The van der Waals surface area contributed by atoms with E-state index in [2.05, 4.69) is 15.9 Å². The maximum absolute atomic E-state index is 16.5. The number of fused-ring (bicyclic) bond motifs is 1. The van der Waals surface area contributed by atoms with Crippen molar-refractivity contribution < 1.29 is 18.3 Å². The summed E-state index contributed by atoms with van der Waals surface area (Å²) in [6, 6.07) is 2.88. The molecule has 4 rings (SSSR count). The fourth-order valence-electron chi connectivity index (χ4n) is 5.17. The van der Waals surface area contributed by atoms with E-state index in [1.54, 1.807) is 46.9 Å². The van der Waals surface area contributed by atoms with Gasteiger partial charge in [-0.05, 0) is 76.0 Å². The van der Waals surface area contributed by atoms with Gasteiger partial charge >= 0.3 is 17.2 Å². The van der Waals surface area contributed by atoms with Crippen LogP contribution < -0.4 is 11.1 Å². The number of ether oxygens (including phenoxy) is 1. The van der Waals surface area contributed by atoms with Gasteiger partial charge in [-0.25, -0.2) is 18.6 Å². The van der Waals surface area contributed by atoms with Crippen LogP contribution in [-0.4, -0.2) is 70.1 Å². The van der Waals surface area contributed by atoms with Gasteiger partial charge in [-0.1, -0.05) is 31.4 Å². The standard InChI is InChI=1S/C33H34B2ClF2N5O4/c1-9-19(4)10-11-21(37)14-23-22(36)15-24-27(40-23)42(26-20(5)12-13-39-25(26)18(2)3)28(44)29(45)43(24)33(34,35)32(38)16-41(17-32)30(46)47-31(6,7)8/h1,10-13,15,18H,14,16-17H2,2-8H3/b19-10-,21-11+. The highest BCUT2D eigenvalue weighted by atomic mass is 35.5. The Kier molecular flexibility index (Phi) is 9.71. The first-order valence-electron chi connectivity index (χ1n) is 14.8. The smallest absolute Gasteiger partial charge is 0.410 e. The maximum Gasteiger partial charge on any atom is 0.410 e. The zero-order valence-corrected chi connectivity index (χ0v) is 28.1. The molecule has 3 aromatic rings. The zero-order chi connectivity index (χ0) is 35.2. The maximum atomic E-state index is 16.5. The molecule has 0 unspecified atom stereocenters. The molecule has 0 atom stereocenters. The Hall–Kier alpha value is -4.17. The van der Waals surface area contributed by atoms with Gasteiger partial charge in [-0.2, -0.15) is 0 Å². The number of terminal acetylenes is 1. The highest BCUT2D eigenvalue weighted by Crippen LogP contribution is 2.39. The van der Waals surface area contributed by atoms with Crippen LogP contribution in [0, 0.1) is 19.3 Å². The number of likely N-dealkylation sites (tertiary alicyclic amines) is 1. The molecule has 14 heteroatoms. The summed E-state index contributed by atoms with van der Waals surface area (Å²) >= 11 is 6.59. The van der Waals surface area contributed by atoms with E-state index >= 15 is 8.78 Å². The molecule has 1 amide bonds. The van der Waals surface area contributed by atoms with Crippen molar-refractivity contribution in [1.29, 1.82) is 0 Å². The van der Waals surface area contributed by atoms with Crippen molar-refractivity contribution in [3.8, 4) is 18.0 Å². The fraction of sp³-hybridized carbons (Fsp3) is 0.424. The Morgan fingerprint density at radius 2 is 1.87 bits per heavy atom. The molecular weight excluding hydrogens is 625 g/mol. The average molecular weight is 660 g/mol. The van der Waals surface area contributed by atoms with Crippen molar-refractivity contribution in [3.05, 3.63) is 84.6 Å². The summed E-state index contributed by atoms with van der Waals surface area (Å²) in [5.74, 6) is 1.53. The lowest BCUT2D eigenvalue weighted by molar-refractivity contribution is -0.0697. The summed E-state index contributed by atoms with van der Waals surface area (Å²) in [5, 5.41) is -2.80. The van der Waals surface area contributed by atoms with Crippen molar-refractivity contribution in [3.63, 3.8) is 0 Å². The van der Waals surface area contributed by atoms with Gasteiger partial charge in [0.1, 0.15) is 11.4 Å². The number of halogens is 3. The van der Waals surface area contributed by atoms with E-state index in [4.69, 9.17) is 38.5 Å². The van der Waals surface area contributed by atoms with E-state index in [0.717, 1.165) is 15.5 Å². The van der Waals surface area contributed by atoms with E-state index in [9.17, 15) is 14.4 Å². The number of nitrogens with zero attached hydrogens (tertiary/aromatic N) is 5. The molecule has 47 heavy (non-hydrogen) atoms. The van der Waals surface area contributed by atoms with E-state index in [0.29, 0.717) is 21.4 Å². The Bertz CT molecular complexity index is 1980. The minimum absolute atomic E-state index is 0.0000151. The summed E-state index contributed by atoms with van der Waals surface area (Å²) in [5.41, 5.74) is -4.49. The normalized spacial score (nSPS) is 15.5. The number of alkyl halides is 1. The van der Waals surface area contributed by atoms with Crippen LogP contribution in [0.15, 0.2) is 51.5 Å². The Morgan fingerprint density at radius 1 is 1.23 bits per heavy atom. The van der Waals surface area contributed by atoms with Crippen molar-refractivity contribution in [2.24, 2.45) is 0 Å². The molecule has 0 N–H and O–H groups in total. The number of hydrogen-bond donors (Lipinski definition) is 0. The van der Waals surface area contributed by atoms with Crippen molar-refractivity contribution >= 4 is 44.6 Å². The summed E-state index contributed by atoms with van der Waals surface area (Å²) in [6.45, 7) is 10.7. The second-order valence-electron chi connectivity index (χ2n) is 13.0. The van der Waals surface area contributed by atoms with Crippen molar-refractivity contribution in [2.45, 2.75) is 77.4 Å². The summed E-state index contributed by atoms with van der Waals surface area (Å²) in [7, 11) is 12.8. The molecule has 242 valence electrons. The molecule has 1 aliphatic heterocycles. The quantitative estimate of drug-likeness (QED) is 0.155. The zero-order valence-electron chi connectivity index (χ0n) is 27.3. The molecule has 1 fully saturated rings. The van der Waals surface area contributed by atoms with E-state index in [1.807, 2.05) is 13.8 Å². The third-order valence-corrected chi connectivity index (χ3v) is 8.00. The van der Waals surface area contributed by atoms with Gasteiger partial charge in [0, 0.05) is 18.0 Å². The number of aromatic nitrogens is 4. The summed E-state index contributed by atoms with van der Waals surface area (Å²) in [4.78, 5) is 50.6. The van der Waals surface area contributed by atoms with E-state index in [-0.39, 0.29) is 33.5 Å². The number of pyridine rings is 2. The topological polar surface area (TPSA) is 99.3 Å². The minimum atomic E-state index is -2.68. The third kappa shape index (κ3) is 6.79. The number of rotatable bonds is 7. The summed E-state index contributed by atoms with van der Waals surface area (Å²) in [6.07, 6.45) is 8.26. The van der Waals surface area contributed by atoms with Gasteiger partial charge < -0.3 is 14.2 Å². The molecule has 0 bridgehead atoms. The lowest BCUT2D eigenvalue weighted by atomic mass is 9.51. The average Bonchev–Trinajstić information content (AvgIpc) is 2.94. The number of hydrogen-bond acceptors (Lipinski definition) is 6. The van der Waals surface area contributed by atoms with Crippen LogP contribution in [0.4, 0.5) is 13.6 Å². The highest BCUT2D eigenvalue weighted by molar-refractivity contribution is 6.39. The lowest BCUT2D eigenvalue weighted by Gasteiger charge is -2.53. The molecular formula is C33H34B2ClF2N5O4. The molecule has 0 aliphatic carbocycles. The van der Waals surface area contributed by atoms with Crippen molar-refractivity contribution in [2.75, 3.05) is 13.1 Å². The first-order chi connectivity index (χ1) is 21.7. The number of carbonyl (C=O) groups is 1. The molecule has 9 nitrogen and oxygen atoms in total. The fourth-order valence-corrected chi connectivity index (χ4v) is 5.38. The Balaban J connectivity index is 2.01. The van der Waals surface area contributed by atoms with Gasteiger partial charge in [0.25, 0.3) is 0 Å². The first-order valence-corrected chi connectivity index (χ1v) is 15.2. The monoisotopic (exact) mass is 659 g/mol. The van der Waals surface area contributed by atoms with Crippen LogP contribution in [0.1, 0.15) is 64.4 Å². The van der Waals surface area contributed by atoms with Crippen LogP contribution in [0.2, 0.25) is 5.02 Å². The highest BCUT2D eigenvalue weighted by Gasteiger charge is 2.57. The van der Waals surface area contributed by atoms with E-state index < -0.39 is 59.2 Å². The van der Waals surface area contributed by atoms with Gasteiger partial charge in [0.2, 0.25) is 0 Å². The van der Waals surface area contributed by atoms with Crippen molar-refractivity contribution in [1.82, 2.24) is 24.0 Å². The molecule has 4 radical (unpaired) electrons. The lowest BCUT2D eigenvalue weighted by Crippen LogP contribution is -2.74. The van der Waals surface area contributed by atoms with Gasteiger partial charge in [-0.15, -0.1) is 6.42 Å². The second-order valence-corrected chi connectivity index (χ2v) is 13.4. The van der Waals surface area contributed by atoms with Gasteiger partial charge in [0.15, 0.2) is 11.3 Å². The molecule has 3 aromatic heterocycles. The summed E-state index contributed by atoms with van der Waals surface area (Å²) < 4.78 is 38.5. The predicted octanol–water partition coefficient (Wildman–Crippen LogP) is 4.91. The van der Waals surface area contributed by atoms with Crippen LogP contribution in [-0.2, 0) is 16.5 Å². The van der Waals surface area contributed by atoms with Gasteiger partial charge in [0.05, 0.1) is 56.4 Å². The Morgan fingerprint density at radius 3 is 2.45 bits per heavy atom. The first kappa shape index (κ1) is 35.7. The molecule has 4 heterocycles. The number of allylic oxidation sites excluding steroid dienone is 4. The molecule has 0 saturated carbocycles.